The van der Waals surface area contributed by atoms with E-state index < -0.39 is 16.1 Å². The smallest absolute Gasteiger partial charge is 0.242 e. The summed E-state index contributed by atoms with van der Waals surface area (Å²) >= 11 is 1.40. The van der Waals surface area contributed by atoms with Gasteiger partial charge in [-0.15, -0.1) is 0 Å². The first-order valence-corrected chi connectivity index (χ1v) is 11.8. The lowest BCUT2D eigenvalue weighted by molar-refractivity contribution is -0.120. The molecule has 28 heavy (non-hydrogen) atoms. The number of aromatic nitrogens is 2. The number of anilines is 1. The van der Waals surface area contributed by atoms with Gasteiger partial charge in [-0.2, -0.15) is 4.31 Å². The van der Waals surface area contributed by atoms with Crippen LogP contribution in [-0.2, 0) is 14.8 Å². The monoisotopic (exact) mass is 420 g/mol. The SMILES string of the molecule is CCCS(=O)(=O)N1CCCCC1C(=O)Nc1ccnc(Sc2ccccn2)c1. The van der Waals surface area contributed by atoms with Crippen LogP contribution in [0.25, 0.3) is 0 Å². The average Bonchev–Trinajstić information content (AvgIpc) is 2.69. The fourth-order valence-corrected chi connectivity index (χ4v) is 5.68. The predicted molar refractivity (Wildman–Crippen MR) is 110 cm³/mol. The van der Waals surface area contributed by atoms with Crippen LogP contribution in [-0.4, -0.2) is 46.9 Å². The van der Waals surface area contributed by atoms with Crippen molar-refractivity contribution < 1.29 is 13.2 Å². The predicted octanol–water partition coefficient (Wildman–Crippen LogP) is 3.16. The fraction of sp³-hybridized carbons (Fsp3) is 0.421. The van der Waals surface area contributed by atoms with Crippen molar-refractivity contribution in [3.63, 3.8) is 0 Å². The van der Waals surface area contributed by atoms with E-state index in [9.17, 15) is 13.2 Å². The quantitative estimate of drug-likeness (QED) is 0.740. The Labute approximate surface area is 170 Å². The van der Waals surface area contributed by atoms with Crippen LogP contribution in [0.1, 0.15) is 32.6 Å². The molecule has 1 unspecified atom stereocenters. The highest BCUT2D eigenvalue weighted by Crippen LogP contribution is 2.27. The van der Waals surface area contributed by atoms with Gasteiger partial charge < -0.3 is 5.32 Å². The second kappa shape index (κ2) is 9.49. The number of pyridine rings is 2. The molecule has 1 saturated heterocycles. The minimum Gasteiger partial charge on any atom is -0.325 e. The van der Waals surface area contributed by atoms with E-state index in [1.807, 2.05) is 25.1 Å². The van der Waals surface area contributed by atoms with Crippen molar-refractivity contribution in [2.24, 2.45) is 0 Å². The molecule has 1 N–H and O–H groups in total. The molecule has 2 aromatic heterocycles. The van der Waals surface area contributed by atoms with Crippen LogP contribution in [0.5, 0.6) is 0 Å². The molecule has 1 aliphatic heterocycles. The molecule has 1 atom stereocenters. The summed E-state index contributed by atoms with van der Waals surface area (Å²) in [5.74, 6) is -0.226. The average molecular weight is 421 g/mol. The van der Waals surface area contributed by atoms with E-state index in [1.165, 1.54) is 16.1 Å². The summed E-state index contributed by atoms with van der Waals surface area (Å²) in [5, 5.41) is 4.38. The third kappa shape index (κ3) is 5.30. The molecule has 0 aromatic carbocycles. The maximum Gasteiger partial charge on any atom is 0.242 e. The van der Waals surface area contributed by atoms with Gasteiger partial charge in [0.25, 0.3) is 0 Å². The Morgan fingerprint density at radius 1 is 1.21 bits per heavy atom. The third-order valence-electron chi connectivity index (χ3n) is 4.42. The van der Waals surface area contributed by atoms with Gasteiger partial charge >= 0.3 is 0 Å². The first kappa shape index (κ1) is 20.8. The number of carbonyl (C=O) groups excluding carboxylic acids is 1. The number of amides is 1. The van der Waals surface area contributed by atoms with Crippen LogP contribution in [0.3, 0.4) is 0 Å². The molecular weight excluding hydrogens is 396 g/mol. The number of carbonyl (C=O) groups is 1. The summed E-state index contributed by atoms with van der Waals surface area (Å²) in [7, 11) is -3.42. The molecule has 9 heteroatoms. The van der Waals surface area contributed by atoms with Gasteiger partial charge in [-0.1, -0.05) is 31.2 Å². The van der Waals surface area contributed by atoms with Gasteiger partial charge in [-0.3, -0.25) is 4.79 Å². The zero-order valence-electron chi connectivity index (χ0n) is 15.7. The van der Waals surface area contributed by atoms with Crippen molar-refractivity contribution in [3.8, 4) is 0 Å². The molecule has 3 heterocycles. The molecule has 0 saturated carbocycles. The van der Waals surface area contributed by atoms with Crippen molar-refractivity contribution in [2.45, 2.75) is 48.7 Å². The summed E-state index contributed by atoms with van der Waals surface area (Å²) in [4.78, 5) is 21.4. The highest BCUT2D eigenvalue weighted by Gasteiger charge is 2.36. The van der Waals surface area contributed by atoms with E-state index in [4.69, 9.17) is 0 Å². The summed E-state index contributed by atoms with van der Waals surface area (Å²) in [6.45, 7) is 2.23. The molecule has 7 nitrogen and oxygen atoms in total. The number of nitrogens with zero attached hydrogens (tertiary/aromatic N) is 3. The summed E-state index contributed by atoms with van der Waals surface area (Å²) < 4.78 is 26.4. The molecule has 0 bridgehead atoms. The number of rotatable bonds is 7. The number of nitrogens with one attached hydrogen (secondary N) is 1. The van der Waals surface area contributed by atoms with Crippen LogP contribution >= 0.6 is 11.8 Å². The van der Waals surface area contributed by atoms with Crippen LogP contribution in [0.15, 0.2) is 52.8 Å². The van der Waals surface area contributed by atoms with Crippen molar-refractivity contribution in [1.82, 2.24) is 14.3 Å². The Bertz CT molecular complexity index is 906. The number of piperidine rings is 1. The highest BCUT2D eigenvalue weighted by molar-refractivity contribution is 7.99. The molecule has 0 aliphatic carbocycles. The summed E-state index contributed by atoms with van der Waals surface area (Å²) in [6, 6.07) is 8.44. The van der Waals surface area contributed by atoms with Gasteiger partial charge in [0.05, 0.1) is 5.75 Å². The van der Waals surface area contributed by atoms with Gasteiger partial charge in [0.1, 0.15) is 16.1 Å². The maximum absolute atomic E-state index is 12.8. The molecule has 2 aromatic rings. The van der Waals surface area contributed by atoms with Gasteiger partial charge in [-0.25, -0.2) is 18.4 Å². The topological polar surface area (TPSA) is 92.3 Å². The molecule has 1 amide bonds. The Morgan fingerprint density at radius 3 is 2.79 bits per heavy atom. The van der Waals surface area contributed by atoms with E-state index in [0.717, 1.165) is 17.9 Å². The van der Waals surface area contributed by atoms with E-state index in [1.54, 1.807) is 24.5 Å². The van der Waals surface area contributed by atoms with E-state index in [2.05, 4.69) is 15.3 Å². The molecule has 150 valence electrons. The van der Waals surface area contributed by atoms with Gasteiger partial charge in [0.2, 0.25) is 15.9 Å². The van der Waals surface area contributed by atoms with Gasteiger partial charge in [0, 0.05) is 24.6 Å². The molecule has 1 fully saturated rings. The Balaban J connectivity index is 1.72. The number of hydrogen-bond acceptors (Lipinski definition) is 6. The lowest BCUT2D eigenvalue weighted by atomic mass is 10.0. The minimum absolute atomic E-state index is 0.0664. The van der Waals surface area contributed by atoms with Crippen molar-refractivity contribution in [1.29, 1.82) is 0 Å². The summed E-state index contributed by atoms with van der Waals surface area (Å²) in [6.07, 6.45) is 6.02. The first-order chi connectivity index (χ1) is 13.5. The maximum atomic E-state index is 12.8. The van der Waals surface area contributed by atoms with Crippen molar-refractivity contribution in [3.05, 3.63) is 42.7 Å². The normalized spacial score (nSPS) is 18.0. The van der Waals surface area contributed by atoms with E-state index in [0.29, 0.717) is 30.1 Å². The van der Waals surface area contributed by atoms with Crippen LogP contribution in [0.4, 0.5) is 5.69 Å². The molecular formula is C19H24N4O3S2. The molecule has 0 radical (unpaired) electrons. The van der Waals surface area contributed by atoms with Gasteiger partial charge in [-0.05, 0) is 43.5 Å². The first-order valence-electron chi connectivity index (χ1n) is 9.35. The number of sulfonamides is 1. The van der Waals surface area contributed by atoms with Crippen LogP contribution in [0.2, 0.25) is 0 Å². The minimum atomic E-state index is -3.42. The Morgan fingerprint density at radius 2 is 2.04 bits per heavy atom. The second-order valence-corrected chi connectivity index (χ2v) is 9.66. The Hall–Kier alpha value is -1.97. The zero-order chi connectivity index (χ0) is 20.0. The van der Waals surface area contributed by atoms with E-state index >= 15 is 0 Å². The van der Waals surface area contributed by atoms with E-state index in [-0.39, 0.29) is 11.7 Å². The molecule has 0 spiro atoms. The third-order valence-corrected chi connectivity index (χ3v) is 7.38. The fourth-order valence-electron chi connectivity index (χ4n) is 3.16. The van der Waals surface area contributed by atoms with Crippen LogP contribution < -0.4 is 5.32 Å². The second-order valence-electron chi connectivity index (χ2n) is 6.58. The highest BCUT2D eigenvalue weighted by atomic mass is 32.2. The lowest BCUT2D eigenvalue weighted by Crippen LogP contribution is -2.50. The van der Waals surface area contributed by atoms with Crippen molar-refractivity contribution >= 4 is 33.4 Å². The van der Waals surface area contributed by atoms with Crippen LogP contribution in [0, 0.1) is 0 Å². The Kier molecular flexibility index (Phi) is 7.03. The summed E-state index contributed by atoms with van der Waals surface area (Å²) in [5.41, 5.74) is 0.594. The number of hydrogen-bond donors (Lipinski definition) is 1. The van der Waals surface area contributed by atoms with Gasteiger partial charge in [0.15, 0.2) is 0 Å². The molecule has 1 aliphatic rings. The lowest BCUT2D eigenvalue weighted by Gasteiger charge is -2.33. The zero-order valence-corrected chi connectivity index (χ0v) is 17.4. The largest absolute Gasteiger partial charge is 0.325 e. The van der Waals surface area contributed by atoms with Crippen molar-refractivity contribution in [2.75, 3.05) is 17.6 Å². The standard InChI is InChI=1S/C19H24N4O3S2/c1-2-13-28(25,26)23-12-6-4-7-16(23)19(24)22-15-9-11-21-18(14-15)27-17-8-3-5-10-20-17/h3,5,8-11,14,16H,2,4,6-7,12-13H2,1H3,(H,21,22,24). The molecule has 3 rings (SSSR count).